The van der Waals surface area contributed by atoms with Crippen molar-refractivity contribution in [1.82, 2.24) is 15.1 Å². The minimum atomic E-state index is -0.0797. The zero-order valence-corrected chi connectivity index (χ0v) is 14.7. The molecule has 0 saturated heterocycles. The lowest BCUT2D eigenvalue weighted by molar-refractivity contribution is 0.0740. The zero-order chi connectivity index (χ0) is 17.9. The van der Waals surface area contributed by atoms with E-state index in [4.69, 9.17) is 4.42 Å². The van der Waals surface area contributed by atoms with Crippen molar-refractivity contribution < 1.29 is 14.0 Å². The van der Waals surface area contributed by atoms with E-state index in [2.05, 4.69) is 5.32 Å². The predicted octanol–water partition coefficient (Wildman–Crippen LogP) is 2.44. The van der Waals surface area contributed by atoms with Crippen molar-refractivity contribution in [2.24, 2.45) is 0 Å². The van der Waals surface area contributed by atoms with Crippen LogP contribution in [0.1, 0.15) is 33.7 Å². The summed E-state index contributed by atoms with van der Waals surface area (Å²) in [6.07, 6.45) is 4.32. The van der Waals surface area contributed by atoms with Gasteiger partial charge in [0, 0.05) is 43.7 Å². The van der Waals surface area contributed by atoms with E-state index in [0.29, 0.717) is 32.7 Å². The van der Waals surface area contributed by atoms with Gasteiger partial charge in [0.25, 0.3) is 5.91 Å². The maximum Gasteiger partial charge on any atom is 0.317 e. The van der Waals surface area contributed by atoms with Gasteiger partial charge in [-0.1, -0.05) is 18.2 Å². The Kier molecular flexibility index (Phi) is 4.65. The number of carbonyl (C=O) groups is 2. The molecule has 1 N–H and O–H groups in total. The van der Waals surface area contributed by atoms with Gasteiger partial charge in [-0.25, -0.2) is 4.79 Å². The van der Waals surface area contributed by atoms with Crippen molar-refractivity contribution in [3.8, 4) is 0 Å². The van der Waals surface area contributed by atoms with Gasteiger partial charge in [0.15, 0.2) is 0 Å². The van der Waals surface area contributed by atoms with Gasteiger partial charge in [-0.15, -0.1) is 0 Å². The van der Waals surface area contributed by atoms with Crippen LogP contribution in [0.15, 0.2) is 41.0 Å². The highest BCUT2D eigenvalue weighted by Crippen LogP contribution is 2.20. The molecule has 0 saturated carbocycles. The molecule has 3 amide bonds. The van der Waals surface area contributed by atoms with Crippen molar-refractivity contribution in [3.63, 3.8) is 0 Å². The average Bonchev–Trinajstić information content (AvgIpc) is 3.00. The van der Waals surface area contributed by atoms with Crippen LogP contribution in [0.4, 0.5) is 4.79 Å². The number of amides is 3. The Balaban J connectivity index is 1.30. The highest BCUT2D eigenvalue weighted by molar-refractivity contribution is 5.96. The van der Waals surface area contributed by atoms with Gasteiger partial charge in [-0.05, 0) is 30.5 Å². The highest BCUT2D eigenvalue weighted by Gasteiger charge is 2.24. The number of nitrogens with one attached hydrogen (secondary N) is 1. The second-order valence-corrected chi connectivity index (χ2v) is 6.83. The summed E-state index contributed by atoms with van der Waals surface area (Å²) in [7, 11) is 0. The molecule has 0 fully saturated rings. The summed E-state index contributed by atoms with van der Waals surface area (Å²) in [5.74, 6) is 1.04. The van der Waals surface area contributed by atoms with E-state index in [1.807, 2.05) is 40.1 Å². The van der Waals surface area contributed by atoms with Crippen LogP contribution in [0.2, 0.25) is 0 Å². The molecule has 0 aliphatic carbocycles. The van der Waals surface area contributed by atoms with Crippen LogP contribution >= 0.6 is 0 Å². The van der Waals surface area contributed by atoms with Gasteiger partial charge in [0.05, 0.1) is 12.8 Å². The third kappa shape index (κ3) is 3.31. The normalized spacial score (nSPS) is 16.7. The van der Waals surface area contributed by atoms with Crippen LogP contribution in [0, 0.1) is 0 Å². The Morgan fingerprint density at radius 1 is 1.12 bits per heavy atom. The summed E-state index contributed by atoms with van der Waals surface area (Å²) < 4.78 is 5.46. The molecule has 0 bridgehead atoms. The summed E-state index contributed by atoms with van der Waals surface area (Å²) >= 11 is 0. The van der Waals surface area contributed by atoms with E-state index >= 15 is 0 Å². The summed E-state index contributed by atoms with van der Waals surface area (Å²) in [5.41, 5.74) is 2.98. The smallest absolute Gasteiger partial charge is 0.317 e. The molecule has 6 nitrogen and oxygen atoms in total. The van der Waals surface area contributed by atoms with Crippen LogP contribution in [-0.2, 0) is 19.4 Å². The Hall–Kier alpha value is -2.76. The molecule has 0 unspecified atom stereocenters. The first-order chi connectivity index (χ1) is 12.7. The maximum atomic E-state index is 12.5. The van der Waals surface area contributed by atoms with Crippen LogP contribution < -0.4 is 5.32 Å². The summed E-state index contributed by atoms with van der Waals surface area (Å²) in [6, 6.07) is 9.60. The SMILES string of the molecule is O=C(NCCN1CCc2ccccc2C1=O)N1CCCc2occc2C1. The monoisotopic (exact) mass is 353 g/mol. The molecular formula is C20H23N3O3. The summed E-state index contributed by atoms with van der Waals surface area (Å²) in [6.45, 7) is 2.98. The second kappa shape index (κ2) is 7.23. The molecule has 2 aliphatic heterocycles. The first kappa shape index (κ1) is 16.7. The molecule has 2 aromatic rings. The van der Waals surface area contributed by atoms with Gasteiger partial charge in [0.2, 0.25) is 0 Å². The van der Waals surface area contributed by atoms with E-state index in [-0.39, 0.29) is 11.9 Å². The number of rotatable bonds is 3. The van der Waals surface area contributed by atoms with Crippen molar-refractivity contribution in [2.45, 2.75) is 25.8 Å². The summed E-state index contributed by atoms with van der Waals surface area (Å²) in [5, 5.41) is 2.96. The number of aryl methyl sites for hydroxylation is 1. The van der Waals surface area contributed by atoms with E-state index in [0.717, 1.165) is 41.7 Å². The lowest BCUT2D eigenvalue weighted by Gasteiger charge is -2.29. The van der Waals surface area contributed by atoms with Crippen LogP contribution in [-0.4, -0.2) is 47.9 Å². The Morgan fingerprint density at radius 3 is 2.92 bits per heavy atom. The van der Waals surface area contributed by atoms with Gasteiger partial charge in [-0.2, -0.15) is 0 Å². The van der Waals surface area contributed by atoms with Crippen molar-refractivity contribution in [1.29, 1.82) is 0 Å². The van der Waals surface area contributed by atoms with Crippen molar-refractivity contribution in [2.75, 3.05) is 26.2 Å². The predicted molar refractivity (Wildman–Crippen MR) is 96.9 cm³/mol. The summed E-state index contributed by atoms with van der Waals surface area (Å²) in [4.78, 5) is 28.7. The fourth-order valence-electron chi connectivity index (χ4n) is 3.71. The van der Waals surface area contributed by atoms with E-state index < -0.39 is 0 Å². The van der Waals surface area contributed by atoms with E-state index in [9.17, 15) is 9.59 Å². The second-order valence-electron chi connectivity index (χ2n) is 6.83. The largest absolute Gasteiger partial charge is 0.469 e. The average molecular weight is 353 g/mol. The molecule has 26 heavy (non-hydrogen) atoms. The number of fused-ring (bicyclic) bond motifs is 2. The fourth-order valence-corrected chi connectivity index (χ4v) is 3.71. The Bertz CT molecular complexity index is 814. The fraction of sp³-hybridized carbons (Fsp3) is 0.400. The number of nitrogens with zero attached hydrogens (tertiary/aromatic N) is 2. The molecule has 0 radical (unpaired) electrons. The zero-order valence-electron chi connectivity index (χ0n) is 14.7. The minimum absolute atomic E-state index is 0.0545. The molecule has 4 rings (SSSR count). The first-order valence-corrected chi connectivity index (χ1v) is 9.17. The maximum absolute atomic E-state index is 12.5. The molecule has 0 atom stereocenters. The quantitative estimate of drug-likeness (QED) is 0.922. The third-order valence-corrected chi connectivity index (χ3v) is 5.16. The van der Waals surface area contributed by atoms with Crippen molar-refractivity contribution >= 4 is 11.9 Å². The number of furan rings is 1. The molecule has 2 aliphatic rings. The topological polar surface area (TPSA) is 65.8 Å². The molecule has 1 aromatic carbocycles. The van der Waals surface area contributed by atoms with Gasteiger partial charge >= 0.3 is 6.03 Å². The molecule has 6 heteroatoms. The number of hydrogen-bond acceptors (Lipinski definition) is 3. The van der Waals surface area contributed by atoms with E-state index in [1.165, 1.54) is 0 Å². The third-order valence-electron chi connectivity index (χ3n) is 5.16. The number of benzene rings is 1. The molecule has 0 spiro atoms. The minimum Gasteiger partial charge on any atom is -0.469 e. The standard InChI is InChI=1S/C20H23N3O3/c24-19-17-5-2-1-4-15(17)7-11-22(19)12-9-21-20(25)23-10-3-6-18-16(14-23)8-13-26-18/h1-2,4-5,8,13H,3,6-7,9-12,14H2,(H,21,25). The van der Waals surface area contributed by atoms with E-state index in [1.54, 1.807) is 6.26 Å². The molecular weight excluding hydrogens is 330 g/mol. The van der Waals surface area contributed by atoms with Gasteiger partial charge in [-0.3, -0.25) is 4.79 Å². The molecule has 136 valence electrons. The Morgan fingerprint density at radius 2 is 2.00 bits per heavy atom. The number of hydrogen-bond donors (Lipinski definition) is 1. The molecule has 1 aromatic heterocycles. The number of carbonyl (C=O) groups excluding carboxylic acids is 2. The van der Waals surface area contributed by atoms with Gasteiger partial charge in [0.1, 0.15) is 5.76 Å². The Labute approximate surface area is 152 Å². The van der Waals surface area contributed by atoms with Crippen molar-refractivity contribution in [3.05, 3.63) is 59.0 Å². The molecule has 3 heterocycles. The van der Waals surface area contributed by atoms with Gasteiger partial charge < -0.3 is 19.5 Å². The first-order valence-electron chi connectivity index (χ1n) is 9.17. The van der Waals surface area contributed by atoms with Crippen LogP contribution in [0.25, 0.3) is 0 Å². The number of urea groups is 1. The lowest BCUT2D eigenvalue weighted by atomic mass is 9.99. The van der Waals surface area contributed by atoms with Crippen LogP contribution in [0.5, 0.6) is 0 Å². The van der Waals surface area contributed by atoms with Crippen LogP contribution in [0.3, 0.4) is 0 Å². The highest BCUT2D eigenvalue weighted by atomic mass is 16.3. The lowest BCUT2D eigenvalue weighted by Crippen LogP contribution is -2.45.